The lowest BCUT2D eigenvalue weighted by molar-refractivity contribution is 0.299. The van der Waals surface area contributed by atoms with Crippen molar-refractivity contribution in [3.8, 4) is 0 Å². The smallest absolute Gasteiger partial charge is 0.109 e. The maximum absolute atomic E-state index is 8.53. The molecule has 2 nitrogen and oxygen atoms in total. The van der Waals surface area contributed by atoms with Gasteiger partial charge in [0.15, 0.2) is 0 Å². The van der Waals surface area contributed by atoms with Crippen LogP contribution in [0.25, 0.3) is 0 Å². The molecule has 0 bridgehead atoms. The first-order chi connectivity index (χ1) is 4.83. The normalized spacial score (nSPS) is 9.80. The van der Waals surface area contributed by atoms with Crippen LogP contribution in [-0.2, 0) is 6.42 Å². The minimum Gasteiger partial charge on any atom is -0.396 e. The van der Waals surface area contributed by atoms with E-state index in [1.165, 1.54) is 0 Å². The van der Waals surface area contributed by atoms with E-state index in [9.17, 15) is 0 Å². The van der Waals surface area contributed by atoms with E-state index < -0.39 is 0 Å². The van der Waals surface area contributed by atoms with Crippen LogP contribution < -0.4 is 0 Å². The molecule has 0 aliphatic heterocycles. The molecule has 1 aromatic rings. The van der Waals surface area contributed by atoms with Gasteiger partial charge in [0, 0.05) is 12.8 Å². The first-order valence-electron chi connectivity index (χ1n) is 2.96. The van der Waals surface area contributed by atoms with E-state index in [4.69, 9.17) is 16.7 Å². The van der Waals surface area contributed by atoms with Crippen molar-refractivity contribution in [1.29, 1.82) is 0 Å². The molecule has 0 atom stereocenters. The number of aliphatic hydroxyl groups is 1. The molecule has 0 saturated heterocycles. The summed E-state index contributed by atoms with van der Waals surface area (Å²) < 4.78 is 0. The molecule has 0 saturated carbocycles. The van der Waals surface area contributed by atoms with Crippen molar-refractivity contribution in [3.05, 3.63) is 29.0 Å². The third-order valence-electron chi connectivity index (χ3n) is 1.11. The molecule has 1 rings (SSSR count). The zero-order valence-corrected chi connectivity index (χ0v) is 6.10. The highest BCUT2D eigenvalue weighted by Crippen LogP contribution is 2.07. The van der Waals surface area contributed by atoms with E-state index in [-0.39, 0.29) is 6.61 Å². The van der Waals surface area contributed by atoms with Gasteiger partial charge >= 0.3 is 0 Å². The van der Waals surface area contributed by atoms with Gasteiger partial charge in [-0.1, -0.05) is 11.6 Å². The van der Waals surface area contributed by atoms with E-state index in [1.807, 2.05) is 0 Å². The molecule has 10 heavy (non-hydrogen) atoms. The fraction of sp³-hybridized carbons (Fsp3) is 0.286. The maximum atomic E-state index is 8.53. The van der Waals surface area contributed by atoms with Gasteiger partial charge in [-0.3, -0.25) is 4.98 Å². The molecule has 0 aliphatic carbocycles. The van der Waals surface area contributed by atoms with Gasteiger partial charge in [0.25, 0.3) is 0 Å². The van der Waals surface area contributed by atoms with Gasteiger partial charge in [0.2, 0.25) is 0 Å². The number of aromatic nitrogens is 1. The van der Waals surface area contributed by atoms with E-state index in [2.05, 4.69) is 11.2 Å². The summed E-state index contributed by atoms with van der Waals surface area (Å²) in [7, 11) is 0. The number of aliphatic hydroxyl groups excluding tert-OH is 1. The number of hydrogen-bond donors (Lipinski definition) is 1. The van der Waals surface area contributed by atoms with Crippen LogP contribution in [-0.4, -0.2) is 16.7 Å². The van der Waals surface area contributed by atoms with Crippen LogP contribution in [0.3, 0.4) is 0 Å². The highest BCUT2D eigenvalue weighted by Gasteiger charge is 1.92. The Morgan fingerprint density at radius 1 is 1.70 bits per heavy atom. The Morgan fingerprint density at radius 2 is 2.50 bits per heavy atom. The summed E-state index contributed by atoms with van der Waals surface area (Å²) in [6.45, 7) is 0.127. The average Bonchev–Trinajstić information content (AvgIpc) is 1.88. The molecule has 0 spiro atoms. The first-order valence-corrected chi connectivity index (χ1v) is 3.33. The van der Waals surface area contributed by atoms with Crippen LogP contribution in [0.1, 0.15) is 5.56 Å². The zero-order chi connectivity index (χ0) is 7.40. The zero-order valence-electron chi connectivity index (χ0n) is 5.34. The Kier molecular flexibility index (Phi) is 2.66. The van der Waals surface area contributed by atoms with Crippen molar-refractivity contribution in [3.63, 3.8) is 0 Å². The minimum absolute atomic E-state index is 0.127. The molecule has 0 aliphatic rings. The topological polar surface area (TPSA) is 33.1 Å². The van der Waals surface area contributed by atoms with Crippen LogP contribution in [0.2, 0.25) is 5.02 Å². The van der Waals surface area contributed by atoms with Crippen molar-refractivity contribution in [2.75, 3.05) is 6.61 Å². The Balaban J connectivity index is 2.75. The van der Waals surface area contributed by atoms with Crippen molar-refractivity contribution >= 4 is 11.6 Å². The van der Waals surface area contributed by atoms with E-state index in [1.54, 1.807) is 12.3 Å². The molecule has 53 valence electrons. The molecule has 0 aromatic carbocycles. The summed E-state index contributed by atoms with van der Waals surface area (Å²) >= 11 is 5.58. The number of rotatable bonds is 2. The molecule has 0 amide bonds. The monoisotopic (exact) mass is 156 g/mol. The quantitative estimate of drug-likeness (QED) is 0.695. The molecular weight excluding hydrogens is 150 g/mol. The van der Waals surface area contributed by atoms with Crippen LogP contribution in [0, 0.1) is 6.20 Å². The third-order valence-corrected chi connectivity index (χ3v) is 1.31. The summed E-state index contributed by atoms with van der Waals surface area (Å²) in [5.74, 6) is 0. The van der Waals surface area contributed by atoms with Crippen molar-refractivity contribution in [2.45, 2.75) is 6.42 Å². The predicted molar refractivity (Wildman–Crippen MR) is 38.9 cm³/mol. The van der Waals surface area contributed by atoms with Gasteiger partial charge in [0.1, 0.15) is 6.20 Å². The Labute approximate surface area is 64.5 Å². The van der Waals surface area contributed by atoms with Crippen LogP contribution in [0.5, 0.6) is 0 Å². The second kappa shape index (κ2) is 3.54. The second-order valence-electron chi connectivity index (χ2n) is 1.91. The lowest BCUT2D eigenvalue weighted by Gasteiger charge is -1.95. The van der Waals surface area contributed by atoms with Gasteiger partial charge in [-0.25, -0.2) is 0 Å². The fourth-order valence-corrected chi connectivity index (χ4v) is 0.864. The lowest BCUT2D eigenvalue weighted by atomic mass is 10.2. The molecule has 1 N–H and O–H groups in total. The van der Waals surface area contributed by atoms with Gasteiger partial charge < -0.3 is 5.11 Å². The summed E-state index contributed by atoms with van der Waals surface area (Å²) in [5, 5.41) is 9.02. The molecule has 0 fully saturated rings. The Morgan fingerprint density at radius 3 is 3.10 bits per heavy atom. The molecule has 0 unspecified atom stereocenters. The van der Waals surface area contributed by atoms with Crippen molar-refractivity contribution in [1.82, 2.24) is 4.98 Å². The van der Waals surface area contributed by atoms with Crippen molar-refractivity contribution < 1.29 is 5.11 Å². The lowest BCUT2D eigenvalue weighted by Crippen LogP contribution is -1.90. The van der Waals surface area contributed by atoms with Crippen LogP contribution in [0.15, 0.2) is 12.3 Å². The maximum Gasteiger partial charge on any atom is 0.109 e. The Bertz CT molecular complexity index is 215. The summed E-state index contributed by atoms with van der Waals surface area (Å²) in [4.78, 5) is 3.73. The fourth-order valence-electron chi connectivity index (χ4n) is 0.675. The standard InChI is InChI=1S/C7H7ClNO/c8-7-3-6(1-2-10)4-9-5-7/h3-4,10H,1-2H2. The molecule has 1 heterocycles. The van der Waals surface area contributed by atoms with E-state index >= 15 is 0 Å². The highest BCUT2D eigenvalue weighted by molar-refractivity contribution is 6.30. The SMILES string of the molecule is OCCc1cn[c]c(Cl)c1. The summed E-state index contributed by atoms with van der Waals surface area (Å²) in [6, 6.07) is 1.74. The molecular formula is C7H7ClNO. The van der Waals surface area contributed by atoms with Gasteiger partial charge in [-0.15, -0.1) is 0 Å². The van der Waals surface area contributed by atoms with E-state index in [0.29, 0.717) is 11.4 Å². The second-order valence-corrected chi connectivity index (χ2v) is 2.32. The highest BCUT2D eigenvalue weighted by atomic mass is 35.5. The minimum atomic E-state index is 0.127. The van der Waals surface area contributed by atoms with Gasteiger partial charge in [-0.2, -0.15) is 0 Å². The van der Waals surface area contributed by atoms with E-state index in [0.717, 1.165) is 5.56 Å². The predicted octanol–water partition coefficient (Wildman–Crippen LogP) is 1.07. The number of pyridine rings is 1. The molecule has 1 radical (unpaired) electrons. The van der Waals surface area contributed by atoms with Crippen molar-refractivity contribution in [2.24, 2.45) is 0 Å². The van der Waals surface area contributed by atoms with Crippen LogP contribution in [0.4, 0.5) is 0 Å². The average molecular weight is 157 g/mol. The third kappa shape index (κ3) is 1.97. The van der Waals surface area contributed by atoms with Gasteiger partial charge in [-0.05, 0) is 18.1 Å². The molecule has 3 heteroatoms. The summed E-state index contributed by atoms with van der Waals surface area (Å²) in [6.07, 6.45) is 4.80. The van der Waals surface area contributed by atoms with Gasteiger partial charge in [0.05, 0.1) is 5.02 Å². The number of nitrogens with zero attached hydrogens (tertiary/aromatic N) is 1. The number of halogens is 1. The summed E-state index contributed by atoms with van der Waals surface area (Å²) in [5.41, 5.74) is 0.936. The Hall–Kier alpha value is -0.600. The first kappa shape index (κ1) is 7.51. The van der Waals surface area contributed by atoms with Crippen LogP contribution >= 0.6 is 11.6 Å². The largest absolute Gasteiger partial charge is 0.396 e. The number of hydrogen-bond acceptors (Lipinski definition) is 2. The molecule has 1 aromatic heterocycles.